The fraction of sp³-hybridized carbons (Fsp3) is 0.500. The molecule has 0 aromatic heterocycles. The molecule has 0 aliphatic heterocycles. The zero-order chi connectivity index (χ0) is 11.1. The second-order valence-corrected chi connectivity index (χ2v) is 3.64. The van der Waals surface area contributed by atoms with Crippen LogP contribution >= 0.6 is 0 Å². The van der Waals surface area contributed by atoms with Gasteiger partial charge in [-0.3, -0.25) is 0 Å². The average molecular weight is 209 g/mol. The van der Waals surface area contributed by atoms with Crippen LogP contribution in [-0.4, -0.2) is 18.3 Å². The van der Waals surface area contributed by atoms with Crippen LogP contribution in [0.5, 0.6) is 5.75 Å². The van der Waals surface area contributed by atoms with Gasteiger partial charge in [-0.05, 0) is 37.5 Å². The third kappa shape index (κ3) is 4.32. The predicted octanol–water partition coefficient (Wildman–Crippen LogP) is 1.86. The Kier molecular flexibility index (Phi) is 5.15. The number of nitrogens with two attached hydrogens (primary N) is 1. The smallest absolute Gasteiger partial charge is 0.119 e. The molecule has 0 aliphatic carbocycles. The Labute approximate surface area is 90.9 Å². The van der Waals surface area contributed by atoms with Gasteiger partial charge in [-0.15, -0.1) is 0 Å². The quantitative estimate of drug-likeness (QED) is 0.703. The van der Waals surface area contributed by atoms with Gasteiger partial charge in [-0.25, -0.2) is 0 Å². The van der Waals surface area contributed by atoms with Crippen LogP contribution in [0.4, 0.5) is 0 Å². The molecule has 0 aliphatic rings. The first kappa shape index (κ1) is 12.0. The molecule has 1 rings (SSSR count). The second-order valence-electron chi connectivity index (χ2n) is 3.64. The van der Waals surface area contributed by atoms with Gasteiger partial charge in [0, 0.05) is 12.6 Å². The molecule has 0 fully saturated rings. The molecule has 0 amide bonds. The number of rotatable bonds is 6. The van der Waals surface area contributed by atoms with Gasteiger partial charge in [0.05, 0.1) is 6.61 Å². The first-order valence-corrected chi connectivity index (χ1v) is 5.33. The van der Waals surface area contributed by atoms with Gasteiger partial charge in [-0.2, -0.15) is 0 Å². The van der Waals surface area contributed by atoms with Crippen LogP contribution in [0.3, 0.4) is 0 Å². The highest BCUT2D eigenvalue weighted by Gasteiger charge is 1.99. The van der Waals surface area contributed by atoms with Gasteiger partial charge in [0.2, 0.25) is 0 Å². The normalized spacial score (nSPS) is 12.5. The fourth-order valence-electron chi connectivity index (χ4n) is 1.27. The van der Waals surface area contributed by atoms with E-state index in [0.29, 0.717) is 6.61 Å². The topological polar surface area (TPSA) is 55.5 Å². The SMILES string of the molecule is C[C@@H](N)c1ccc(OCCCCO)cc1. The van der Waals surface area contributed by atoms with Crippen LogP contribution in [0.25, 0.3) is 0 Å². The fourth-order valence-corrected chi connectivity index (χ4v) is 1.27. The Balaban J connectivity index is 2.36. The molecule has 0 unspecified atom stereocenters. The number of unbranched alkanes of at least 4 members (excludes halogenated alkanes) is 1. The first-order chi connectivity index (χ1) is 7.24. The molecule has 3 nitrogen and oxygen atoms in total. The van der Waals surface area contributed by atoms with Gasteiger partial charge < -0.3 is 15.6 Å². The van der Waals surface area contributed by atoms with E-state index in [-0.39, 0.29) is 12.6 Å². The van der Waals surface area contributed by atoms with Crippen LogP contribution in [0.1, 0.15) is 31.4 Å². The zero-order valence-corrected chi connectivity index (χ0v) is 9.15. The molecule has 0 heterocycles. The van der Waals surface area contributed by atoms with Crippen molar-refractivity contribution in [1.82, 2.24) is 0 Å². The lowest BCUT2D eigenvalue weighted by molar-refractivity contribution is 0.253. The molecule has 1 atom stereocenters. The van der Waals surface area contributed by atoms with Gasteiger partial charge in [0.15, 0.2) is 0 Å². The summed E-state index contributed by atoms with van der Waals surface area (Å²) in [5.41, 5.74) is 6.84. The van der Waals surface area contributed by atoms with E-state index in [1.807, 2.05) is 31.2 Å². The number of aliphatic hydroxyl groups is 1. The Bertz CT molecular complexity index is 269. The highest BCUT2D eigenvalue weighted by molar-refractivity contribution is 5.28. The lowest BCUT2D eigenvalue weighted by atomic mass is 10.1. The summed E-state index contributed by atoms with van der Waals surface area (Å²) in [7, 11) is 0. The van der Waals surface area contributed by atoms with Crippen molar-refractivity contribution in [3.05, 3.63) is 29.8 Å². The summed E-state index contributed by atoms with van der Waals surface area (Å²) < 4.78 is 5.49. The minimum Gasteiger partial charge on any atom is -0.494 e. The number of benzene rings is 1. The summed E-state index contributed by atoms with van der Waals surface area (Å²) in [4.78, 5) is 0. The largest absolute Gasteiger partial charge is 0.494 e. The van der Waals surface area contributed by atoms with Gasteiger partial charge in [-0.1, -0.05) is 12.1 Å². The van der Waals surface area contributed by atoms with Crippen molar-refractivity contribution in [1.29, 1.82) is 0 Å². The van der Waals surface area contributed by atoms with Gasteiger partial charge in [0.1, 0.15) is 5.75 Å². The lowest BCUT2D eigenvalue weighted by Gasteiger charge is -2.08. The zero-order valence-electron chi connectivity index (χ0n) is 9.15. The van der Waals surface area contributed by atoms with E-state index >= 15 is 0 Å². The number of hydrogen-bond acceptors (Lipinski definition) is 3. The van der Waals surface area contributed by atoms with E-state index in [1.54, 1.807) is 0 Å². The Morgan fingerprint density at radius 1 is 1.27 bits per heavy atom. The van der Waals surface area contributed by atoms with Crippen molar-refractivity contribution in [2.75, 3.05) is 13.2 Å². The molecule has 0 saturated heterocycles. The lowest BCUT2D eigenvalue weighted by Crippen LogP contribution is -2.04. The summed E-state index contributed by atoms with van der Waals surface area (Å²) in [5, 5.41) is 8.59. The van der Waals surface area contributed by atoms with E-state index in [2.05, 4.69) is 0 Å². The summed E-state index contributed by atoms with van der Waals surface area (Å²) >= 11 is 0. The highest BCUT2D eigenvalue weighted by Crippen LogP contribution is 2.16. The number of hydrogen-bond donors (Lipinski definition) is 2. The summed E-state index contributed by atoms with van der Waals surface area (Å²) in [6, 6.07) is 7.88. The molecule has 0 radical (unpaired) electrons. The molecule has 15 heavy (non-hydrogen) atoms. The van der Waals surface area contributed by atoms with Crippen LogP contribution in [-0.2, 0) is 0 Å². The number of ether oxygens (including phenoxy) is 1. The van der Waals surface area contributed by atoms with Crippen molar-refractivity contribution < 1.29 is 9.84 Å². The van der Waals surface area contributed by atoms with E-state index in [1.165, 1.54) is 0 Å². The molecule has 1 aromatic rings. The van der Waals surface area contributed by atoms with Crippen molar-refractivity contribution in [3.63, 3.8) is 0 Å². The third-order valence-corrected chi connectivity index (χ3v) is 2.23. The maximum atomic E-state index is 8.59. The Morgan fingerprint density at radius 2 is 1.93 bits per heavy atom. The molecule has 84 valence electrons. The predicted molar refractivity (Wildman–Crippen MR) is 60.9 cm³/mol. The van der Waals surface area contributed by atoms with E-state index in [4.69, 9.17) is 15.6 Å². The summed E-state index contributed by atoms with van der Waals surface area (Å²) in [5.74, 6) is 0.859. The molecular weight excluding hydrogens is 190 g/mol. The van der Waals surface area contributed by atoms with Crippen LogP contribution < -0.4 is 10.5 Å². The van der Waals surface area contributed by atoms with Crippen LogP contribution in [0.15, 0.2) is 24.3 Å². The van der Waals surface area contributed by atoms with Crippen molar-refractivity contribution in [2.45, 2.75) is 25.8 Å². The number of aliphatic hydroxyl groups excluding tert-OH is 1. The summed E-state index contributed by atoms with van der Waals surface area (Å²) in [6.07, 6.45) is 1.67. The molecule has 3 heteroatoms. The van der Waals surface area contributed by atoms with Crippen LogP contribution in [0, 0.1) is 0 Å². The molecule has 0 saturated carbocycles. The minimum atomic E-state index is 0.0634. The van der Waals surface area contributed by atoms with E-state index in [9.17, 15) is 0 Å². The maximum Gasteiger partial charge on any atom is 0.119 e. The first-order valence-electron chi connectivity index (χ1n) is 5.33. The minimum absolute atomic E-state index is 0.0634. The Hall–Kier alpha value is -1.06. The molecule has 3 N–H and O–H groups in total. The van der Waals surface area contributed by atoms with E-state index in [0.717, 1.165) is 24.2 Å². The standard InChI is InChI=1S/C12H19NO2/c1-10(13)11-4-6-12(7-5-11)15-9-3-2-8-14/h4-7,10,14H,2-3,8-9,13H2,1H3/t10-/m1/s1. The molecule has 0 spiro atoms. The molecule has 0 bridgehead atoms. The van der Waals surface area contributed by atoms with Crippen LogP contribution in [0.2, 0.25) is 0 Å². The maximum absolute atomic E-state index is 8.59. The average Bonchev–Trinajstić information content (AvgIpc) is 2.25. The molecule has 1 aromatic carbocycles. The van der Waals surface area contributed by atoms with Crippen molar-refractivity contribution >= 4 is 0 Å². The van der Waals surface area contributed by atoms with Crippen molar-refractivity contribution in [3.8, 4) is 5.75 Å². The molecular formula is C12H19NO2. The van der Waals surface area contributed by atoms with Crippen molar-refractivity contribution in [2.24, 2.45) is 5.73 Å². The Morgan fingerprint density at radius 3 is 2.47 bits per heavy atom. The van der Waals surface area contributed by atoms with Gasteiger partial charge >= 0.3 is 0 Å². The van der Waals surface area contributed by atoms with E-state index < -0.39 is 0 Å². The second kappa shape index (κ2) is 6.43. The third-order valence-electron chi connectivity index (χ3n) is 2.23. The monoisotopic (exact) mass is 209 g/mol. The highest BCUT2D eigenvalue weighted by atomic mass is 16.5. The van der Waals surface area contributed by atoms with Gasteiger partial charge in [0.25, 0.3) is 0 Å². The summed E-state index contributed by atoms with van der Waals surface area (Å²) in [6.45, 7) is 2.84.